The number of nitrogens with zero attached hydrogens (tertiary/aromatic N) is 1. The first kappa shape index (κ1) is 7.46. The van der Waals surface area contributed by atoms with Gasteiger partial charge in [0.2, 0.25) is 0 Å². The summed E-state index contributed by atoms with van der Waals surface area (Å²) in [6.45, 7) is 1.10. The first-order valence-electron chi connectivity index (χ1n) is 4.22. The van der Waals surface area contributed by atoms with Gasteiger partial charge in [-0.3, -0.25) is 5.32 Å². The van der Waals surface area contributed by atoms with Crippen molar-refractivity contribution in [2.75, 3.05) is 6.54 Å². The van der Waals surface area contributed by atoms with Crippen LogP contribution in [-0.2, 0) is 0 Å². The molecule has 0 aromatic heterocycles. The molecule has 2 heterocycles. The van der Waals surface area contributed by atoms with Crippen molar-refractivity contribution >= 4 is 6.09 Å². The maximum atomic E-state index is 10.3. The number of fused-ring (bicyclic) bond motifs is 1. The normalized spacial score (nSPS) is 26.8. The van der Waals surface area contributed by atoms with E-state index in [0.29, 0.717) is 6.04 Å². The van der Waals surface area contributed by atoms with Crippen LogP contribution in [0.5, 0.6) is 0 Å². The minimum atomic E-state index is -0.957. The SMILES string of the molecule is O=C(O)NC1=CN2CC2CCC1. The molecular formula is C8H12N2O2. The van der Waals surface area contributed by atoms with Gasteiger partial charge in [0.15, 0.2) is 0 Å². The summed E-state index contributed by atoms with van der Waals surface area (Å²) >= 11 is 0. The van der Waals surface area contributed by atoms with Crippen molar-refractivity contribution in [2.24, 2.45) is 0 Å². The Hall–Kier alpha value is -1.19. The fourth-order valence-corrected chi connectivity index (χ4v) is 1.64. The van der Waals surface area contributed by atoms with Crippen molar-refractivity contribution in [2.45, 2.75) is 25.3 Å². The summed E-state index contributed by atoms with van der Waals surface area (Å²) in [6, 6.07) is 0.693. The van der Waals surface area contributed by atoms with Gasteiger partial charge in [-0.2, -0.15) is 0 Å². The lowest BCUT2D eigenvalue weighted by Crippen LogP contribution is -2.20. The average Bonchev–Trinajstić information content (AvgIpc) is 2.63. The third kappa shape index (κ3) is 1.52. The van der Waals surface area contributed by atoms with E-state index >= 15 is 0 Å². The molecule has 2 aliphatic rings. The molecule has 1 unspecified atom stereocenters. The lowest BCUT2D eigenvalue weighted by molar-refractivity contribution is 0.197. The Morgan fingerprint density at radius 1 is 1.75 bits per heavy atom. The molecule has 0 aliphatic carbocycles. The zero-order valence-corrected chi connectivity index (χ0v) is 6.79. The number of carbonyl (C=O) groups is 1. The smallest absolute Gasteiger partial charge is 0.408 e. The largest absolute Gasteiger partial charge is 0.465 e. The highest BCUT2D eigenvalue weighted by molar-refractivity contribution is 5.66. The van der Waals surface area contributed by atoms with Crippen LogP contribution in [-0.4, -0.2) is 28.7 Å². The second-order valence-electron chi connectivity index (χ2n) is 3.33. The van der Waals surface area contributed by atoms with Crippen LogP contribution in [0.1, 0.15) is 19.3 Å². The summed E-state index contributed by atoms with van der Waals surface area (Å²) in [6.07, 6.45) is 4.13. The predicted molar refractivity (Wildman–Crippen MR) is 43.6 cm³/mol. The molecule has 0 radical (unpaired) electrons. The fraction of sp³-hybridized carbons (Fsp3) is 0.625. The number of amides is 1. The van der Waals surface area contributed by atoms with E-state index in [4.69, 9.17) is 5.11 Å². The minimum absolute atomic E-state index is 0.693. The van der Waals surface area contributed by atoms with Crippen molar-refractivity contribution in [1.29, 1.82) is 0 Å². The average molecular weight is 168 g/mol. The zero-order chi connectivity index (χ0) is 8.55. The summed E-state index contributed by atoms with van der Waals surface area (Å²) in [4.78, 5) is 12.5. The van der Waals surface area contributed by atoms with Gasteiger partial charge in [0.1, 0.15) is 0 Å². The second-order valence-corrected chi connectivity index (χ2v) is 3.33. The van der Waals surface area contributed by atoms with E-state index < -0.39 is 6.09 Å². The molecule has 12 heavy (non-hydrogen) atoms. The maximum Gasteiger partial charge on any atom is 0.408 e. The van der Waals surface area contributed by atoms with Gasteiger partial charge in [0, 0.05) is 24.5 Å². The number of allylic oxidation sites excluding steroid dienone is 1. The Morgan fingerprint density at radius 3 is 3.33 bits per heavy atom. The van der Waals surface area contributed by atoms with Crippen molar-refractivity contribution in [1.82, 2.24) is 10.2 Å². The van der Waals surface area contributed by atoms with Crippen LogP contribution in [0.4, 0.5) is 4.79 Å². The van der Waals surface area contributed by atoms with E-state index in [-0.39, 0.29) is 0 Å². The first-order chi connectivity index (χ1) is 5.75. The molecule has 4 nitrogen and oxygen atoms in total. The summed E-state index contributed by atoms with van der Waals surface area (Å²) in [5.74, 6) is 0. The van der Waals surface area contributed by atoms with Crippen molar-refractivity contribution in [3.8, 4) is 0 Å². The third-order valence-corrected chi connectivity index (χ3v) is 2.33. The van der Waals surface area contributed by atoms with Crippen LogP contribution in [0.25, 0.3) is 0 Å². The second kappa shape index (κ2) is 2.69. The zero-order valence-electron chi connectivity index (χ0n) is 6.79. The molecule has 0 aromatic rings. The maximum absolute atomic E-state index is 10.3. The number of nitrogens with one attached hydrogen (secondary N) is 1. The molecule has 1 fully saturated rings. The van der Waals surface area contributed by atoms with Crippen LogP contribution in [0.2, 0.25) is 0 Å². The third-order valence-electron chi connectivity index (χ3n) is 2.33. The molecule has 1 saturated heterocycles. The highest BCUT2D eigenvalue weighted by Crippen LogP contribution is 2.28. The molecule has 2 aliphatic heterocycles. The molecule has 2 rings (SSSR count). The monoisotopic (exact) mass is 168 g/mol. The van der Waals surface area contributed by atoms with Gasteiger partial charge in [-0.25, -0.2) is 4.79 Å². The van der Waals surface area contributed by atoms with Crippen LogP contribution in [0.15, 0.2) is 11.9 Å². The van der Waals surface area contributed by atoms with Crippen molar-refractivity contribution < 1.29 is 9.90 Å². The molecule has 2 N–H and O–H groups in total. The summed E-state index contributed by atoms with van der Waals surface area (Å²) in [5, 5.41) is 10.9. The Balaban J connectivity index is 1.98. The van der Waals surface area contributed by atoms with E-state index in [1.165, 1.54) is 6.42 Å². The van der Waals surface area contributed by atoms with Gasteiger partial charge >= 0.3 is 6.09 Å². The lowest BCUT2D eigenvalue weighted by Gasteiger charge is -2.03. The van der Waals surface area contributed by atoms with Gasteiger partial charge < -0.3 is 10.0 Å². The molecule has 66 valence electrons. The summed E-state index contributed by atoms with van der Waals surface area (Å²) < 4.78 is 0. The van der Waals surface area contributed by atoms with E-state index in [1.807, 2.05) is 6.20 Å². The van der Waals surface area contributed by atoms with Gasteiger partial charge in [0.05, 0.1) is 0 Å². The van der Waals surface area contributed by atoms with Gasteiger partial charge in [0.25, 0.3) is 0 Å². The molecular weight excluding hydrogens is 156 g/mol. The molecule has 0 aromatic carbocycles. The summed E-state index contributed by atoms with van der Waals surface area (Å²) in [7, 11) is 0. The van der Waals surface area contributed by atoms with E-state index in [9.17, 15) is 4.79 Å². The predicted octanol–water partition coefficient (Wildman–Crippen LogP) is 0.964. The Morgan fingerprint density at radius 2 is 2.58 bits per heavy atom. The number of hydrogen-bond donors (Lipinski definition) is 2. The van der Waals surface area contributed by atoms with Crippen LogP contribution in [0.3, 0.4) is 0 Å². The van der Waals surface area contributed by atoms with Crippen LogP contribution < -0.4 is 5.32 Å². The highest BCUT2D eigenvalue weighted by Gasteiger charge is 2.32. The number of hydrogen-bond acceptors (Lipinski definition) is 2. The van der Waals surface area contributed by atoms with Gasteiger partial charge in [-0.15, -0.1) is 0 Å². The topological polar surface area (TPSA) is 52.3 Å². The number of carboxylic acid groups (broad SMARTS) is 1. The lowest BCUT2D eigenvalue weighted by atomic mass is 10.2. The van der Waals surface area contributed by atoms with E-state index in [2.05, 4.69) is 10.2 Å². The molecule has 0 bridgehead atoms. The van der Waals surface area contributed by atoms with Gasteiger partial charge in [-0.05, 0) is 19.3 Å². The summed E-state index contributed by atoms with van der Waals surface area (Å²) in [5.41, 5.74) is 0.836. The first-order valence-corrected chi connectivity index (χ1v) is 4.22. The Kier molecular flexibility index (Phi) is 1.67. The van der Waals surface area contributed by atoms with Crippen LogP contribution >= 0.6 is 0 Å². The molecule has 1 atom stereocenters. The molecule has 1 amide bonds. The molecule has 4 heteroatoms. The van der Waals surface area contributed by atoms with E-state index in [1.54, 1.807) is 0 Å². The quantitative estimate of drug-likeness (QED) is 0.573. The Labute approximate surface area is 70.9 Å². The number of rotatable bonds is 1. The molecule has 0 saturated carbocycles. The standard InChI is InChI=1S/C8H12N2O2/c11-8(12)9-6-2-1-3-7-5-10(7)4-6/h4,7,9H,1-3,5H2,(H,11,12). The highest BCUT2D eigenvalue weighted by atomic mass is 16.4. The fourth-order valence-electron chi connectivity index (χ4n) is 1.64. The minimum Gasteiger partial charge on any atom is -0.465 e. The Bertz CT molecular complexity index is 237. The van der Waals surface area contributed by atoms with Crippen LogP contribution in [0, 0.1) is 0 Å². The van der Waals surface area contributed by atoms with E-state index in [0.717, 1.165) is 25.1 Å². The van der Waals surface area contributed by atoms with Crippen molar-refractivity contribution in [3.63, 3.8) is 0 Å². The van der Waals surface area contributed by atoms with Crippen molar-refractivity contribution in [3.05, 3.63) is 11.9 Å². The van der Waals surface area contributed by atoms with Gasteiger partial charge in [-0.1, -0.05) is 0 Å². The molecule has 0 spiro atoms.